The second kappa shape index (κ2) is 5.17. The van der Waals surface area contributed by atoms with Gasteiger partial charge in [0, 0.05) is 13.1 Å². The third-order valence-electron chi connectivity index (χ3n) is 4.44. The highest BCUT2D eigenvalue weighted by Crippen LogP contribution is 2.26. The molecule has 2 aliphatic rings. The van der Waals surface area contributed by atoms with Gasteiger partial charge in [-0.15, -0.1) is 0 Å². The predicted octanol–water partition coefficient (Wildman–Crippen LogP) is 1.28. The lowest BCUT2D eigenvalue weighted by Crippen LogP contribution is -2.58. The summed E-state index contributed by atoms with van der Waals surface area (Å²) in [4.78, 5) is 14.6. The van der Waals surface area contributed by atoms with Crippen LogP contribution in [-0.2, 0) is 4.79 Å². The summed E-state index contributed by atoms with van der Waals surface area (Å²) >= 11 is 0. The third kappa shape index (κ3) is 3.04. The van der Waals surface area contributed by atoms with Crippen molar-refractivity contribution in [1.82, 2.24) is 10.2 Å². The van der Waals surface area contributed by atoms with Gasteiger partial charge in [0.25, 0.3) is 0 Å². The molecule has 2 heterocycles. The molecule has 2 aliphatic heterocycles. The smallest absolute Gasteiger partial charge is 0.242 e. The zero-order valence-electron chi connectivity index (χ0n) is 11.7. The Bertz CT molecular complexity index is 309. The highest BCUT2D eigenvalue weighted by molar-refractivity contribution is 5.86. The quantitative estimate of drug-likeness (QED) is 0.741. The Hall–Kier alpha value is -0.610. The van der Waals surface area contributed by atoms with Gasteiger partial charge in [-0.2, -0.15) is 0 Å². The number of carbonyl (C=O) groups excluding carboxylic acids is 1. The molecular formula is C14H26N2O2. The van der Waals surface area contributed by atoms with E-state index < -0.39 is 5.60 Å². The Kier molecular flexibility index (Phi) is 3.97. The Morgan fingerprint density at radius 3 is 2.56 bits per heavy atom. The van der Waals surface area contributed by atoms with E-state index in [9.17, 15) is 9.90 Å². The van der Waals surface area contributed by atoms with E-state index >= 15 is 0 Å². The van der Waals surface area contributed by atoms with Gasteiger partial charge in [-0.05, 0) is 58.9 Å². The van der Waals surface area contributed by atoms with Crippen LogP contribution in [0, 0.1) is 0 Å². The number of carbonyl (C=O) groups is 1. The number of hydrogen-bond donors (Lipinski definition) is 2. The summed E-state index contributed by atoms with van der Waals surface area (Å²) in [6.45, 7) is 6.31. The zero-order chi connectivity index (χ0) is 13.2. The monoisotopic (exact) mass is 254 g/mol. The highest BCUT2D eigenvalue weighted by Gasteiger charge is 2.38. The molecule has 2 unspecified atom stereocenters. The van der Waals surface area contributed by atoms with Crippen molar-refractivity contribution in [2.45, 2.75) is 63.5 Å². The van der Waals surface area contributed by atoms with Crippen LogP contribution in [0.2, 0.25) is 0 Å². The summed E-state index contributed by atoms with van der Waals surface area (Å²) in [5, 5.41) is 13.5. The first kappa shape index (κ1) is 13.8. The van der Waals surface area contributed by atoms with Crippen LogP contribution in [0.3, 0.4) is 0 Å². The third-order valence-corrected chi connectivity index (χ3v) is 4.44. The molecule has 1 amide bonds. The summed E-state index contributed by atoms with van der Waals surface area (Å²) in [5.41, 5.74) is -0.982. The van der Waals surface area contributed by atoms with Gasteiger partial charge in [0.05, 0.1) is 11.1 Å². The minimum Gasteiger partial charge on any atom is -0.390 e. The Labute approximate surface area is 110 Å². The molecule has 0 aromatic heterocycles. The molecule has 4 heteroatoms. The standard InChI is InChI=1S/C14H26N2O2/c1-13(18)6-5-10-16(11-8-13)12(17)14(2)7-3-4-9-15-14/h15,18H,3-11H2,1-2H3. The SMILES string of the molecule is CC1(O)CCCN(C(=O)C2(C)CCCCN2)CC1. The molecule has 2 rings (SSSR count). The van der Waals surface area contributed by atoms with Crippen LogP contribution in [0.15, 0.2) is 0 Å². The second-order valence-electron chi connectivity index (χ2n) is 6.36. The van der Waals surface area contributed by atoms with E-state index in [-0.39, 0.29) is 11.4 Å². The van der Waals surface area contributed by atoms with Gasteiger partial charge in [0.2, 0.25) is 5.91 Å². The maximum atomic E-state index is 12.6. The minimum atomic E-state index is -0.601. The second-order valence-corrected chi connectivity index (χ2v) is 6.36. The fourth-order valence-corrected chi connectivity index (χ4v) is 3.05. The van der Waals surface area contributed by atoms with Gasteiger partial charge in [-0.25, -0.2) is 0 Å². The van der Waals surface area contributed by atoms with Crippen LogP contribution in [0.5, 0.6) is 0 Å². The van der Waals surface area contributed by atoms with E-state index in [4.69, 9.17) is 0 Å². The Morgan fingerprint density at radius 2 is 1.89 bits per heavy atom. The van der Waals surface area contributed by atoms with Gasteiger partial charge in [0.15, 0.2) is 0 Å². The number of amides is 1. The zero-order valence-corrected chi connectivity index (χ0v) is 11.7. The van der Waals surface area contributed by atoms with Crippen LogP contribution in [0.4, 0.5) is 0 Å². The first-order chi connectivity index (χ1) is 8.43. The van der Waals surface area contributed by atoms with Crippen LogP contribution in [0.1, 0.15) is 52.4 Å². The molecule has 0 aliphatic carbocycles. The number of likely N-dealkylation sites (tertiary alicyclic amines) is 1. The average Bonchev–Trinajstić information content (AvgIpc) is 2.50. The van der Waals surface area contributed by atoms with Crippen LogP contribution in [-0.4, -0.2) is 46.7 Å². The summed E-state index contributed by atoms with van der Waals surface area (Å²) in [6.07, 6.45) is 5.60. The minimum absolute atomic E-state index is 0.222. The van der Waals surface area contributed by atoms with Crippen LogP contribution >= 0.6 is 0 Å². The number of aliphatic hydroxyl groups is 1. The molecule has 0 saturated carbocycles. The van der Waals surface area contributed by atoms with Crippen molar-refractivity contribution in [3.05, 3.63) is 0 Å². The number of rotatable bonds is 1. The molecule has 0 radical (unpaired) electrons. The lowest BCUT2D eigenvalue weighted by atomic mass is 9.89. The largest absolute Gasteiger partial charge is 0.390 e. The maximum absolute atomic E-state index is 12.6. The molecule has 2 atom stereocenters. The summed E-state index contributed by atoms with van der Waals surface area (Å²) in [6, 6.07) is 0. The molecule has 0 aromatic carbocycles. The van der Waals surface area contributed by atoms with Crippen molar-refractivity contribution in [3.63, 3.8) is 0 Å². The lowest BCUT2D eigenvalue weighted by Gasteiger charge is -2.37. The lowest BCUT2D eigenvalue weighted by molar-refractivity contribution is -0.138. The fraction of sp³-hybridized carbons (Fsp3) is 0.929. The molecular weight excluding hydrogens is 228 g/mol. The normalized spacial score (nSPS) is 38.3. The van der Waals surface area contributed by atoms with Gasteiger partial charge in [0.1, 0.15) is 0 Å². The topological polar surface area (TPSA) is 52.6 Å². The molecule has 104 valence electrons. The Balaban J connectivity index is 2.00. The number of nitrogens with one attached hydrogen (secondary N) is 1. The fourth-order valence-electron chi connectivity index (χ4n) is 3.05. The van der Waals surface area contributed by atoms with Gasteiger partial charge in [-0.3, -0.25) is 4.79 Å². The summed E-state index contributed by atoms with van der Waals surface area (Å²) in [7, 11) is 0. The average molecular weight is 254 g/mol. The van der Waals surface area contributed by atoms with Crippen LogP contribution < -0.4 is 5.32 Å². The van der Waals surface area contributed by atoms with E-state index in [2.05, 4.69) is 5.32 Å². The van der Waals surface area contributed by atoms with E-state index in [0.29, 0.717) is 13.0 Å². The molecule has 0 aromatic rings. The van der Waals surface area contributed by atoms with Gasteiger partial charge >= 0.3 is 0 Å². The molecule has 18 heavy (non-hydrogen) atoms. The summed E-state index contributed by atoms with van der Waals surface area (Å²) < 4.78 is 0. The van der Waals surface area contributed by atoms with E-state index in [1.807, 2.05) is 18.7 Å². The number of hydrogen-bond acceptors (Lipinski definition) is 3. The summed E-state index contributed by atoms with van der Waals surface area (Å²) in [5.74, 6) is 0.222. The van der Waals surface area contributed by atoms with Crippen molar-refractivity contribution in [2.75, 3.05) is 19.6 Å². The first-order valence-electron chi connectivity index (χ1n) is 7.20. The van der Waals surface area contributed by atoms with Crippen molar-refractivity contribution >= 4 is 5.91 Å². The molecule has 2 saturated heterocycles. The van der Waals surface area contributed by atoms with Crippen LogP contribution in [0.25, 0.3) is 0 Å². The van der Waals surface area contributed by atoms with Gasteiger partial charge in [-0.1, -0.05) is 0 Å². The molecule has 2 N–H and O–H groups in total. The Morgan fingerprint density at radius 1 is 1.11 bits per heavy atom. The highest BCUT2D eigenvalue weighted by atomic mass is 16.3. The van der Waals surface area contributed by atoms with Crippen molar-refractivity contribution in [2.24, 2.45) is 0 Å². The van der Waals surface area contributed by atoms with E-state index in [1.165, 1.54) is 0 Å². The molecule has 0 spiro atoms. The first-order valence-corrected chi connectivity index (χ1v) is 7.20. The van der Waals surface area contributed by atoms with Gasteiger partial charge < -0.3 is 15.3 Å². The molecule has 4 nitrogen and oxygen atoms in total. The predicted molar refractivity (Wildman–Crippen MR) is 71.3 cm³/mol. The van der Waals surface area contributed by atoms with E-state index in [1.54, 1.807) is 0 Å². The maximum Gasteiger partial charge on any atom is 0.242 e. The van der Waals surface area contributed by atoms with Crippen molar-refractivity contribution in [3.8, 4) is 0 Å². The van der Waals surface area contributed by atoms with Crippen molar-refractivity contribution in [1.29, 1.82) is 0 Å². The number of nitrogens with zero attached hydrogens (tertiary/aromatic N) is 1. The molecule has 2 fully saturated rings. The van der Waals surface area contributed by atoms with E-state index in [0.717, 1.165) is 45.2 Å². The van der Waals surface area contributed by atoms with Crippen molar-refractivity contribution < 1.29 is 9.90 Å². The molecule has 0 bridgehead atoms. The number of piperidine rings is 1.